The Kier molecular flexibility index (Phi) is 7.46. The van der Waals surface area contributed by atoms with E-state index >= 15 is 0 Å². The van der Waals surface area contributed by atoms with Gasteiger partial charge in [0.1, 0.15) is 11.0 Å². The zero-order valence-electron chi connectivity index (χ0n) is 13.5. The number of nitrogens with zero attached hydrogens (tertiary/aromatic N) is 5. The van der Waals surface area contributed by atoms with E-state index in [4.69, 9.17) is 16.4 Å². The zero-order chi connectivity index (χ0) is 18.7. The third kappa shape index (κ3) is 8.73. The Bertz CT molecular complexity index is 739. The molecule has 0 aliphatic rings. The summed E-state index contributed by atoms with van der Waals surface area (Å²) in [5.41, 5.74) is 1.46. The van der Waals surface area contributed by atoms with Crippen LogP contribution >= 0.6 is 19.8 Å². The summed E-state index contributed by atoms with van der Waals surface area (Å²) in [6.07, 6.45) is 0. The molecule has 2 rings (SSSR count). The maximum atomic E-state index is 9.84. The van der Waals surface area contributed by atoms with Crippen molar-refractivity contribution in [2.45, 2.75) is 0 Å². The normalized spacial score (nSPS) is 12.2. The summed E-state index contributed by atoms with van der Waals surface area (Å²) in [7, 11) is -0.989. The van der Waals surface area contributed by atoms with Crippen molar-refractivity contribution in [3.05, 3.63) is 23.2 Å². The van der Waals surface area contributed by atoms with Gasteiger partial charge in [-0.15, -0.1) is 5.10 Å². The molecule has 2 aromatic rings. The summed E-state index contributed by atoms with van der Waals surface area (Å²) >= 11 is 5.96. The van der Waals surface area contributed by atoms with Gasteiger partial charge in [0.25, 0.3) is 0 Å². The average molecular weight is 414 g/mol. The van der Waals surface area contributed by atoms with Crippen LogP contribution in [0, 0.1) is 0 Å². The van der Waals surface area contributed by atoms with E-state index in [1.807, 2.05) is 37.7 Å². The van der Waals surface area contributed by atoms with E-state index in [0.29, 0.717) is 11.0 Å². The van der Waals surface area contributed by atoms with Crippen molar-refractivity contribution in [1.82, 2.24) is 20.1 Å². The van der Waals surface area contributed by atoms with E-state index < -0.39 is 8.16 Å². The molecule has 6 nitrogen and oxygen atoms in total. The predicted octanol–water partition coefficient (Wildman–Crippen LogP) is 0.669. The average Bonchev–Trinajstić information content (AvgIpc) is 2.74. The molecule has 0 spiro atoms. The van der Waals surface area contributed by atoms with Crippen molar-refractivity contribution in [2.75, 3.05) is 28.2 Å². The van der Waals surface area contributed by atoms with Crippen LogP contribution in [-0.4, -0.2) is 58.8 Å². The number of amidine groups is 1. The van der Waals surface area contributed by atoms with E-state index in [1.54, 1.807) is 18.2 Å². The second-order valence-corrected chi connectivity index (χ2v) is 6.61. The molecule has 1 heterocycles. The molecule has 0 bridgehead atoms. The van der Waals surface area contributed by atoms with E-state index in [1.165, 1.54) is 4.85 Å². The number of hydrogen-bond acceptors (Lipinski definition) is 3. The minimum absolute atomic E-state index is 0. The molecule has 0 unspecified atom stereocenters. The number of rotatable bonds is 1. The van der Waals surface area contributed by atoms with Crippen LogP contribution in [-0.2, 0) is 0 Å². The van der Waals surface area contributed by atoms with Gasteiger partial charge < -0.3 is 4.70 Å². The second kappa shape index (κ2) is 8.05. The molecule has 0 fully saturated rings. The summed E-state index contributed by atoms with van der Waals surface area (Å²) < 4.78 is 51.0. The molecule has 0 aliphatic heterocycles. The van der Waals surface area contributed by atoms with Gasteiger partial charge in [0.15, 0.2) is 0 Å². The van der Waals surface area contributed by atoms with E-state index in [2.05, 4.69) is 10.3 Å². The molecule has 0 radical (unpaired) electrons. The van der Waals surface area contributed by atoms with Crippen LogP contribution in [0.2, 0.25) is 5.02 Å². The summed E-state index contributed by atoms with van der Waals surface area (Å²) in [5.74, 6) is 0. The van der Waals surface area contributed by atoms with Gasteiger partial charge in [-0.2, -0.15) is 0 Å². The zero-order valence-corrected chi connectivity index (χ0v) is 15.1. The quantitative estimate of drug-likeness (QED) is 0.227. The van der Waals surface area contributed by atoms with Crippen LogP contribution in [0.25, 0.3) is 11.0 Å². The minimum Gasteiger partial charge on any atom is -1.00 e. The largest absolute Gasteiger partial charge is 1.00 e. The van der Waals surface area contributed by atoms with Gasteiger partial charge in [-0.3, -0.25) is 4.84 Å². The topological polar surface area (TPSA) is 46.2 Å². The predicted molar refractivity (Wildman–Crippen MR) is 82.4 cm³/mol. The Morgan fingerprint density at radius 1 is 1.20 bits per heavy atom. The first-order valence-electron chi connectivity index (χ1n) is 6.24. The van der Waals surface area contributed by atoms with Crippen LogP contribution < -0.4 is 9.54 Å². The van der Waals surface area contributed by atoms with Crippen molar-refractivity contribution in [3.63, 3.8) is 0 Å². The molecule has 0 atom stereocenters. The standard InChI is InChI=1S/C11H15ClN5O.F5P.FH/c1-15(2)11(16(3)4)18-17-10-7-8(12)5-6-9(10)13-14-17;1-6(2,3,4)5;/h5-7H,1-4H3;;1H/q+1;;/p-1. The first-order chi connectivity index (χ1) is 10.7. The molecule has 0 N–H and O–H groups in total. The maximum Gasteiger partial charge on any atom is -1.00 e. The van der Waals surface area contributed by atoms with Crippen molar-refractivity contribution in [1.29, 1.82) is 0 Å². The van der Waals surface area contributed by atoms with Crippen molar-refractivity contribution >= 4 is 36.8 Å². The van der Waals surface area contributed by atoms with Gasteiger partial charge in [0.2, 0.25) is 0 Å². The first kappa shape index (κ1) is 23.2. The fourth-order valence-electron chi connectivity index (χ4n) is 1.58. The SMILES string of the molecule is CN(C)C(On1nnc2ccc(Cl)cc21)=[N+](C)C.FP(F)(F)(F)F.[F-]. The van der Waals surface area contributed by atoms with Crippen LogP contribution in [0.5, 0.6) is 0 Å². The van der Waals surface area contributed by atoms with Gasteiger partial charge in [0, 0.05) is 5.02 Å². The number of hydrogen-bond donors (Lipinski definition) is 0. The van der Waals surface area contributed by atoms with E-state index in [9.17, 15) is 21.0 Å². The Labute approximate surface area is 144 Å². The summed E-state index contributed by atoms with van der Waals surface area (Å²) in [6.45, 7) is 0. The molecule has 0 saturated carbocycles. The van der Waals surface area contributed by atoms with Crippen LogP contribution in [0.4, 0.5) is 21.0 Å². The first-order valence-corrected chi connectivity index (χ1v) is 8.31. The van der Waals surface area contributed by atoms with Gasteiger partial charge >= 0.3 is 35.2 Å². The van der Waals surface area contributed by atoms with Crippen LogP contribution in [0.1, 0.15) is 0 Å². The minimum atomic E-state index is -8.55. The Balaban J connectivity index is 0.000000715. The van der Waals surface area contributed by atoms with Crippen LogP contribution in [0.3, 0.4) is 0 Å². The molecule has 144 valence electrons. The second-order valence-electron chi connectivity index (χ2n) is 4.90. The molecule has 14 heteroatoms. The maximum absolute atomic E-state index is 9.84. The summed E-state index contributed by atoms with van der Waals surface area (Å²) in [4.78, 5) is 8.90. The fraction of sp³-hybridized carbons (Fsp3) is 0.364. The number of aromatic nitrogens is 3. The Hall–Kier alpha value is -1.81. The molecule has 1 aromatic carbocycles. The molecule has 0 amide bonds. The molecule has 25 heavy (non-hydrogen) atoms. The van der Waals surface area contributed by atoms with Crippen molar-refractivity contribution in [3.8, 4) is 0 Å². The number of halogens is 7. The third-order valence-corrected chi connectivity index (χ3v) is 2.55. The smallest absolute Gasteiger partial charge is 1.00 e. The molecule has 1 aromatic heterocycles. The van der Waals surface area contributed by atoms with Gasteiger partial charge in [0.05, 0.1) is 28.2 Å². The van der Waals surface area contributed by atoms with E-state index in [-0.39, 0.29) is 4.70 Å². The number of benzene rings is 1. The summed E-state index contributed by atoms with van der Waals surface area (Å²) in [5, 5.41) is 8.58. The molecular formula is C11H15ClF6N5OP. The van der Waals surface area contributed by atoms with Crippen molar-refractivity contribution < 1.29 is 35.1 Å². The molecule has 0 saturated heterocycles. The summed E-state index contributed by atoms with van der Waals surface area (Å²) in [6, 6.07) is 5.97. The monoisotopic (exact) mass is 413 g/mol. The Morgan fingerprint density at radius 2 is 1.72 bits per heavy atom. The van der Waals surface area contributed by atoms with Gasteiger partial charge in [-0.05, 0) is 23.4 Å². The van der Waals surface area contributed by atoms with E-state index in [0.717, 1.165) is 11.0 Å². The van der Waals surface area contributed by atoms with Gasteiger partial charge in [-0.25, -0.2) is 9.48 Å². The van der Waals surface area contributed by atoms with Crippen molar-refractivity contribution in [2.24, 2.45) is 0 Å². The van der Waals surface area contributed by atoms with Gasteiger partial charge in [-0.1, -0.05) is 16.4 Å². The fourth-order valence-corrected chi connectivity index (χ4v) is 1.75. The Morgan fingerprint density at radius 3 is 2.16 bits per heavy atom. The third-order valence-electron chi connectivity index (χ3n) is 2.31. The number of fused-ring (bicyclic) bond motifs is 1. The molecular weight excluding hydrogens is 399 g/mol. The molecule has 0 aliphatic carbocycles. The van der Waals surface area contributed by atoms with Crippen LogP contribution in [0.15, 0.2) is 18.2 Å².